The maximum atomic E-state index is 13.3. The molecule has 2 N–H and O–H groups in total. The van der Waals surface area contributed by atoms with E-state index in [1.54, 1.807) is 0 Å². The van der Waals surface area contributed by atoms with Gasteiger partial charge in [0.15, 0.2) is 0 Å². The predicted octanol–water partition coefficient (Wildman–Crippen LogP) is -0.748. The Morgan fingerprint density at radius 3 is 2.12 bits per heavy atom. The largest absolute Gasteiger partial charge is 0.405 e. The van der Waals surface area contributed by atoms with Crippen molar-refractivity contribution in [1.82, 2.24) is 19.2 Å². The van der Waals surface area contributed by atoms with Gasteiger partial charge in [0, 0.05) is 60.0 Å². The Hall–Kier alpha value is -0.500. The molecule has 0 saturated carbocycles. The summed E-state index contributed by atoms with van der Waals surface area (Å²) in [6.45, 7) is 0.879. The van der Waals surface area contributed by atoms with Crippen molar-refractivity contribution in [2.24, 2.45) is 0 Å². The van der Waals surface area contributed by atoms with Gasteiger partial charge in [-0.3, -0.25) is 4.90 Å². The van der Waals surface area contributed by atoms with Gasteiger partial charge in [0.05, 0.1) is 13.2 Å². The summed E-state index contributed by atoms with van der Waals surface area (Å²) in [4.78, 5) is 1.24. The van der Waals surface area contributed by atoms with Crippen LogP contribution in [0.2, 0.25) is 0 Å². The summed E-state index contributed by atoms with van der Waals surface area (Å²) >= 11 is 0. The van der Waals surface area contributed by atoms with E-state index in [-0.39, 0.29) is 39.4 Å². The second-order valence-corrected chi connectivity index (χ2v) is 7.34. The first-order chi connectivity index (χ1) is 11.7. The molecule has 0 aromatic rings. The van der Waals surface area contributed by atoms with E-state index in [4.69, 9.17) is 9.47 Å². The normalized spacial score (nSPS) is 18.6. The molecule has 0 spiro atoms. The fraction of sp³-hybridized carbons (Fsp3) is 1.00. The Balaban J connectivity index is 2.75. The van der Waals surface area contributed by atoms with Crippen molar-refractivity contribution in [2.45, 2.75) is 12.2 Å². The topological polar surface area (TPSA) is 83.1 Å². The lowest BCUT2D eigenvalue weighted by Crippen LogP contribution is -2.58. The van der Waals surface area contributed by atoms with Crippen molar-refractivity contribution in [1.29, 1.82) is 0 Å². The molecule has 1 unspecified atom stereocenters. The van der Waals surface area contributed by atoms with Crippen LogP contribution in [0.5, 0.6) is 0 Å². The van der Waals surface area contributed by atoms with Gasteiger partial charge in [-0.05, 0) is 0 Å². The van der Waals surface area contributed by atoms with Gasteiger partial charge in [0.2, 0.25) is 0 Å². The number of hydrogen-bond donors (Lipinski definition) is 2. The molecule has 0 bridgehead atoms. The highest BCUT2D eigenvalue weighted by Crippen LogP contribution is 2.25. The van der Waals surface area contributed by atoms with E-state index in [1.807, 2.05) is 0 Å². The molecule has 1 saturated heterocycles. The quantitative estimate of drug-likeness (QED) is 0.482. The minimum Gasteiger partial charge on any atom is -0.383 e. The van der Waals surface area contributed by atoms with Crippen LogP contribution in [0.3, 0.4) is 0 Å². The molecule has 1 heterocycles. The molecule has 0 aliphatic carbocycles. The molecule has 1 aliphatic heterocycles. The molecular weight excluding hydrogens is 365 g/mol. The minimum absolute atomic E-state index is 0.0273. The number of nitrogens with zero attached hydrogens (tertiary/aromatic N) is 2. The Labute approximate surface area is 146 Å². The van der Waals surface area contributed by atoms with E-state index >= 15 is 0 Å². The van der Waals surface area contributed by atoms with Crippen molar-refractivity contribution in [3.8, 4) is 0 Å². The molecule has 1 atom stereocenters. The number of rotatable bonds is 11. The molecular formula is C13H27F3N4O4S. The molecule has 0 amide bonds. The van der Waals surface area contributed by atoms with Gasteiger partial charge in [-0.15, -0.1) is 0 Å². The SMILES string of the molecule is COCCN(CCOC)S(=O)(=O)NCC(N1CCNCC1)C(F)(F)F. The summed E-state index contributed by atoms with van der Waals surface area (Å²) < 4.78 is 77.5. The summed E-state index contributed by atoms with van der Waals surface area (Å²) in [6.07, 6.45) is -4.52. The average molecular weight is 392 g/mol. The molecule has 1 aliphatic rings. The van der Waals surface area contributed by atoms with Gasteiger partial charge in [-0.1, -0.05) is 0 Å². The lowest BCUT2D eigenvalue weighted by atomic mass is 10.2. The molecule has 150 valence electrons. The van der Waals surface area contributed by atoms with Crippen LogP contribution in [0.1, 0.15) is 0 Å². The zero-order chi connectivity index (χ0) is 18.9. The van der Waals surface area contributed by atoms with Crippen molar-refractivity contribution >= 4 is 10.2 Å². The molecule has 1 rings (SSSR count). The van der Waals surface area contributed by atoms with Gasteiger partial charge in [0.25, 0.3) is 10.2 Å². The Morgan fingerprint density at radius 2 is 1.68 bits per heavy atom. The maximum absolute atomic E-state index is 13.3. The first-order valence-corrected chi connectivity index (χ1v) is 9.40. The van der Waals surface area contributed by atoms with Gasteiger partial charge in [-0.2, -0.15) is 25.9 Å². The van der Waals surface area contributed by atoms with E-state index in [1.165, 1.54) is 19.1 Å². The van der Waals surface area contributed by atoms with Crippen LogP contribution in [0.15, 0.2) is 0 Å². The summed E-state index contributed by atoms with van der Waals surface area (Å²) in [7, 11) is -1.25. The Morgan fingerprint density at radius 1 is 1.16 bits per heavy atom. The lowest BCUT2D eigenvalue weighted by molar-refractivity contribution is -0.182. The van der Waals surface area contributed by atoms with Crippen molar-refractivity contribution < 1.29 is 31.1 Å². The van der Waals surface area contributed by atoms with E-state index in [0.717, 1.165) is 4.31 Å². The van der Waals surface area contributed by atoms with Gasteiger partial charge in [-0.25, -0.2) is 4.72 Å². The number of halogens is 3. The van der Waals surface area contributed by atoms with Crippen molar-refractivity contribution in [3.05, 3.63) is 0 Å². The van der Waals surface area contributed by atoms with Gasteiger partial charge in [0.1, 0.15) is 6.04 Å². The fourth-order valence-corrected chi connectivity index (χ4v) is 3.64. The van der Waals surface area contributed by atoms with E-state index in [2.05, 4.69) is 10.0 Å². The van der Waals surface area contributed by atoms with E-state index in [9.17, 15) is 21.6 Å². The Kier molecular flexibility index (Phi) is 9.56. The molecule has 1 fully saturated rings. The lowest BCUT2D eigenvalue weighted by Gasteiger charge is -2.36. The van der Waals surface area contributed by atoms with E-state index in [0.29, 0.717) is 13.1 Å². The number of nitrogens with one attached hydrogen (secondary N) is 2. The fourth-order valence-electron chi connectivity index (χ4n) is 2.46. The third kappa shape index (κ3) is 7.72. The van der Waals surface area contributed by atoms with Crippen LogP contribution >= 0.6 is 0 Å². The molecule has 12 heteroatoms. The van der Waals surface area contributed by atoms with Crippen molar-refractivity contribution in [3.63, 3.8) is 0 Å². The third-order valence-corrected chi connectivity index (χ3v) is 5.44. The molecule has 8 nitrogen and oxygen atoms in total. The molecule has 0 aromatic carbocycles. The summed E-state index contributed by atoms with van der Waals surface area (Å²) in [5, 5.41) is 2.97. The second-order valence-electron chi connectivity index (χ2n) is 5.58. The highest BCUT2D eigenvalue weighted by Gasteiger charge is 2.44. The molecule has 0 aromatic heterocycles. The van der Waals surface area contributed by atoms with Crippen LogP contribution in [-0.4, -0.2) is 103 Å². The average Bonchev–Trinajstić information content (AvgIpc) is 2.54. The summed E-state index contributed by atoms with van der Waals surface area (Å²) in [5.41, 5.74) is 0. The molecule has 25 heavy (non-hydrogen) atoms. The van der Waals surface area contributed by atoms with Gasteiger partial charge < -0.3 is 14.8 Å². The van der Waals surface area contributed by atoms with Crippen LogP contribution in [0.4, 0.5) is 13.2 Å². The van der Waals surface area contributed by atoms with E-state index < -0.39 is 29.0 Å². The number of methoxy groups -OCH3 is 2. The monoisotopic (exact) mass is 392 g/mol. The van der Waals surface area contributed by atoms with Crippen LogP contribution in [0.25, 0.3) is 0 Å². The number of piperazine rings is 1. The summed E-state index contributed by atoms with van der Waals surface area (Å²) in [5.74, 6) is 0. The second kappa shape index (κ2) is 10.6. The summed E-state index contributed by atoms with van der Waals surface area (Å²) in [6, 6.07) is -1.86. The standard InChI is InChI=1S/C13H27F3N4O4S/c1-23-9-7-20(8-10-24-2)25(21,22)18-11-12(13(14,15)16)19-5-3-17-4-6-19/h12,17-18H,3-11H2,1-2H3. The third-order valence-electron chi connectivity index (χ3n) is 3.86. The van der Waals surface area contributed by atoms with Gasteiger partial charge >= 0.3 is 6.18 Å². The highest BCUT2D eigenvalue weighted by atomic mass is 32.2. The highest BCUT2D eigenvalue weighted by molar-refractivity contribution is 7.87. The number of alkyl halides is 3. The maximum Gasteiger partial charge on any atom is 0.405 e. The van der Waals surface area contributed by atoms with Crippen LogP contribution in [-0.2, 0) is 19.7 Å². The van der Waals surface area contributed by atoms with Crippen molar-refractivity contribution in [2.75, 3.05) is 73.2 Å². The van der Waals surface area contributed by atoms with Crippen LogP contribution < -0.4 is 10.0 Å². The van der Waals surface area contributed by atoms with Crippen LogP contribution in [0, 0.1) is 0 Å². The predicted molar refractivity (Wildman–Crippen MR) is 86.5 cm³/mol. The first kappa shape index (κ1) is 22.5. The zero-order valence-corrected chi connectivity index (χ0v) is 15.3. The first-order valence-electron chi connectivity index (χ1n) is 7.96. The zero-order valence-electron chi connectivity index (χ0n) is 14.5. The minimum atomic E-state index is -4.52. The Bertz CT molecular complexity index is 464. The number of hydrogen-bond acceptors (Lipinski definition) is 6. The molecule has 0 radical (unpaired) electrons. The smallest absolute Gasteiger partial charge is 0.383 e. The number of ether oxygens (including phenoxy) is 2.